The van der Waals surface area contributed by atoms with Crippen molar-refractivity contribution in [2.24, 2.45) is 5.92 Å². The highest BCUT2D eigenvalue weighted by Crippen LogP contribution is 2.04. The van der Waals surface area contributed by atoms with Crippen LogP contribution in [0.2, 0.25) is 0 Å². The van der Waals surface area contributed by atoms with Gasteiger partial charge in [0.05, 0.1) is 5.69 Å². The Morgan fingerprint density at radius 3 is 2.56 bits per heavy atom. The Morgan fingerprint density at radius 2 is 2.06 bits per heavy atom. The number of nitrogens with one attached hydrogen (secondary N) is 1. The van der Waals surface area contributed by atoms with Gasteiger partial charge in [-0.1, -0.05) is 19.9 Å². The molecule has 1 heterocycles. The van der Waals surface area contributed by atoms with Crippen LogP contribution in [0.15, 0.2) is 24.4 Å². The number of rotatable bonds is 6. The molecular weight excluding hydrogens is 198 g/mol. The number of pyridine rings is 1. The molecular formula is C13H23N3. The average Bonchev–Trinajstić information content (AvgIpc) is 2.25. The van der Waals surface area contributed by atoms with Crippen molar-refractivity contribution in [2.75, 3.05) is 20.6 Å². The highest BCUT2D eigenvalue weighted by atomic mass is 15.1. The van der Waals surface area contributed by atoms with Crippen LogP contribution in [0.4, 0.5) is 0 Å². The van der Waals surface area contributed by atoms with E-state index in [1.165, 1.54) is 0 Å². The van der Waals surface area contributed by atoms with Crippen LogP contribution in [0.1, 0.15) is 19.5 Å². The molecule has 1 atom stereocenters. The SMILES string of the molecule is CC(C)C(CN(C)C)NCc1ccccn1. The van der Waals surface area contributed by atoms with Gasteiger partial charge < -0.3 is 10.2 Å². The molecule has 0 saturated heterocycles. The van der Waals surface area contributed by atoms with E-state index in [2.05, 4.69) is 49.2 Å². The third-order valence-electron chi connectivity index (χ3n) is 2.64. The van der Waals surface area contributed by atoms with Crippen molar-refractivity contribution >= 4 is 0 Å². The fraction of sp³-hybridized carbons (Fsp3) is 0.615. The van der Waals surface area contributed by atoms with E-state index in [1.807, 2.05) is 18.3 Å². The third-order valence-corrected chi connectivity index (χ3v) is 2.64. The second kappa shape index (κ2) is 6.61. The van der Waals surface area contributed by atoms with Gasteiger partial charge in [-0.3, -0.25) is 4.98 Å². The minimum atomic E-state index is 0.511. The van der Waals surface area contributed by atoms with Crippen LogP contribution in [-0.2, 0) is 6.54 Å². The summed E-state index contributed by atoms with van der Waals surface area (Å²) < 4.78 is 0. The Labute approximate surface area is 98.9 Å². The van der Waals surface area contributed by atoms with Crippen molar-refractivity contribution in [1.82, 2.24) is 15.2 Å². The highest BCUT2D eigenvalue weighted by molar-refractivity contribution is 5.03. The molecule has 1 N–H and O–H groups in total. The predicted octanol–water partition coefficient (Wildman–Crippen LogP) is 1.76. The summed E-state index contributed by atoms with van der Waals surface area (Å²) in [4.78, 5) is 6.53. The quantitative estimate of drug-likeness (QED) is 0.793. The molecule has 0 aliphatic heterocycles. The first-order chi connectivity index (χ1) is 7.59. The predicted molar refractivity (Wildman–Crippen MR) is 68.3 cm³/mol. The van der Waals surface area contributed by atoms with Gasteiger partial charge >= 0.3 is 0 Å². The minimum Gasteiger partial charge on any atom is -0.308 e. The number of aromatic nitrogens is 1. The summed E-state index contributed by atoms with van der Waals surface area (Å²) in [5.41, 5.74) is 1.10. The Kier molecular flexibility index (Phi) is 5.43. The molecule has 3 nitrogen and oxygen atoms in total. The maximum atomic E-state index is 4.31. The number of likely N-dealkylation sites (N-methyl/N-ethyl adjacent to an activating group) is 1. The van der Waals surface area contributed by atoms with E-state index in [4.69, 9.17) is 0 Å². The van der Waals surface area contributed by atoms with Gasteiger partial charge in [0.15, 0.2) is 0 Å². The molecule has 0 spiro atoms. The minimum absolute atomic E-state index is 0.511. The maximum absolute atomic E-state index is 4.31. The summed E-state index contributed by atoms with van der Waals surface area (Å²) >= 11 is 0. The zero-order valence-electron chi connectivity index (χ0n) is 10.8. The molecule has 0 saturated carbocycles. The van der Waals surface area contributed by atoms with Gasteiger partial charge in [0.25, 0.3) is 0 Å². The second-order valence-electron chi connectivity index (χ2n) is 4.81. The van der Waals surface area contributed by atoms with E-state index in [-0.39, 0.29) is 0 Å². The molecule has 1 unspecified atom stereocenters. The van der Waals surface area contributed by atoms with E-state index in [9.17, 15) is 0 Å². The molecule has 0 aromatic carbocycles. The lowest BCUT2D eigenvalue weighted by Crippen LogP contribution is -2.41. The van der Waals surface area contributed by atoms with Crippen LogP contribution in [0.5, 0.6) is 0 Å². The van der Waals surface area contributed by atoms with Crippen LogP contribution < -0.4 is 5.32 Å². The summed E-state index contributed by atoms with van der Waals surface area (Å²) in [5, 5.41) is 3.56. The first-order valence-corrected chi connectivity index (χ1v) is 5.87. The topological polar surface area (TPSA) is 28.2 Å². The Balaban J connectivity index is 2.44. The number of hydrogen-bond acceptors (Lipinski definition) is 3. The molecule has 0 fully saturated rings. The van der Waals surface area contributed by atoms with Crippen molar-refractivity contribution in [2.45, 2.75) is 26.4 Å². The molecule has 16 heavy (non-hydrogen) atoms. The van der Waals surface area contributed by atoms with Crippen molar-refractivity contribution in [3.8, 4) is 0 Å². The first kappa shape index (κ1) is 13.1. The van der Waals surface area contributed by atoms with Crippen LogP contribution in [0.3, 0.4) is 0 Å². The Morgan fingerprint density at radius 1 is 1.31 bits per heavy atom. The van der Waals surface area contributed by atoms with E-state index in [0.717, 1.165) is 18.8 Å². The molecule has 0 amide bonds. The largest absolute Gasteiger partial charge is 0.308 e. The van der Waals surface area contributed by atoms with Gasteiger partial charge in [-0.2, -0.15) is 0 Å². The van der Waals surface area contributed by atoms with Gasteiger partial charge in [0, 0.05) is 25.3 Å². The van der Waals surface area contributed by atoms with Crippen molar-refractivity contribution in [1.29, 1.82) is 0 Å². The first-order valence-electron chi connectivity index (χ1n) is 5.87. The van der Waals surface area contributed by atoms with Crippen LogP contribution in [-0.4, -0.2) is 36.6 Å². The second-order valence-corrected chi connectivity index (χ2v) is 4.81. The summed E-state index contributed by atoms with van der Waals surface area (Å²) in [6.45, 7) is 6.40. The molecule has 0 bridgehead atoms. The lowest BCUT2D eigenvalue weighted by Gasteiger charge is -2.25. The monoisotopic (exact) mass is 221 g/mol. The molecule has 1 rings (SSSR count). The molecule has 1 aromatic rings. The molecule has 3 heteroatoms. The smallest absolute Gasteiger partial charge is 0.0541 e. The van der Waals surface area contributed by atoms with Crippen molar-refractivity contribution < 1.29 is 0 Å². The lowest BCUT2D eigenvalue weighted by atomic mass is 10.0. The zero-order valence-corrected chi connectivity index (χ0v) is 10.8. The summed E-state index contributed by atoms with van der Waals surface area (Å²) in [7, 11) is 4.22. The Hall–Kier alpha value is -0.930. The van der Waals surface area contributed by atoms with E-state index in [1.54, 1.807) is 0 Å². The number of hydrogen-bond donors (Lipinski definition) is 1. The van der Waals surface area contributed by atoms with Crippen molar-refractivity contribution in [3.05, 3.63) is 30.1 Å². The molecule has 1 aromatic heterocycles. The fourth-order valence-corrected chi connectivity index (χ4v) is 1.64. The van der Waals surface area contributed by atoms with Crippen molar-refractivity contribution in [3.63, 3.8) is 0 Å². The van der Waals surface area contributed by atoms with Crippen LogP contribution in [0.25, 0.3) is 0 Å². The summed E-state index contributed by atoms with van der Waals surface area (Å²) in [6, 6.07) is 6.54. The van der Waals surface area contributed by atoms with Gasteiger partial charge in [-0.15, -0.1) is 0 Å². The van der Waals surface area contributed by atoms with Gasteiger partial charge in [0.2, 0.25) is 0 Å². The lowest BCUT2D eigenvalue weighted by molar-refractivity contribution is 0.287. The van der Waals surface area contributed by atoms with Crippen LogP contribution >= 0.6 is 0 Å². The van der Waals surface area contributed by atoms with E-state index >= 15 is 0 Å². The normalized spacial score (nSPS) is 13.4. The van der Waals surface area contributed by atoms with E-state index < -0.39 is 0 Å². The molecule has 0 aliphatic rings. The Bertz CT molecular complexity index is 282. The summed E-state index contributed by atoms with van der Waals surface area (Å²) in [6.07, 6.45) is 1.84. The van der Waals surface area contributed by atoms with Gasteiger partial charge in [-0.25, -0.2) is 0 Å². The fourth-order valence-electron chi connectivity index (χ4n) is 1.64. The van der Waals surface area contributed by atoms with E-state index in [0.29, 0.717) is 12.0 Å². The van der Waals surface area contributed by atoms with Gasteiger partial charge in [-0.05, 0) is 32.1 Å². The molecule has 0 radical (unpaired) electrons. The molecule has 0 aliphatic carbocycles. The number of nitrogens with zero attached hydrogens (tertiary/aromatic N) is 2. The molecule has 90 valence electrons. The average molecular weight is 221 g/mol. The standard InChI is InChI=1S/C13H23N3/c1-11(2)13(10-16(3)4)15-9-12-7-5-6-8-14-12/h5-8,11,13,15H,9-10H2,1-4H3. The highest BCUT2D eigenvalue weighted by Gasteiger charge is 2.13. The maximum Gasteiger partial charge on any atom is 0.0541 e. The zero-order chi connectivity index (χ0) is 12.0. The van der Waals surface area contributed by atoms with Gasteiger partial charge in [0.1, 0.15) is 0 Å². The summed E-state index contributed by atoms with van der Waals surface area (Å²) in [5.74, 6) is 0.631. The third kappa shape index (κ3) is 4.73. The van der Waals surface area contributed by atoms with Crippen LogP contribution in [0, 0.1) is 5.92 Å².